The molecule has 0 bridgehead atoms. The summed E-state index contributed by atoms with van der Waals surface area (Å²) in [6, 6.07) is 1.91. The first-order valence-corrected chi connectivity index (χ1v) is 8.53. The zero-order valence-electron chi connectivity index (χ0n) is 15.2. The van der Waals surface area contributed by atoms with Crippen LogP contribution in [0.25, 0.3) is 0 Å². The largest absolute Gasteiger partial charge is 0.408 e. The molecule has 28 heavy (non-hydrogen) atoms. The smallest absolute Gasteiger partial charge is 0.377 e. The van der Waals surface area contributed by atoms with Crippen LogP contribution < -0.4 is 0 Å². The van der Waals surface area contributed by atoms with Gasteiger partial charge in [0, 0.05) is 23.9 Å². The normalized spacial score (nSPS) is 17.8. The van der Waals surface area contributed by atoms with Crippen molar-refractivity contribution in [2.75, 3.05) is 19.8 Å². The number of morpholine rings is 1. The summed E-state index contributed by atoms with van der Waals surface area (Å²) in [4.78, 5) is 14.2. The number of aryl methyl sites for hydroxylation is 1. The van der Waals surface area contributed by atoms with E-state index in [0.717, 1.165) is 16.8 Å². The number of amides is 1. The van der Waals surface area contributed by atoms with Gasteiger partial charge in [-0.05, 0) is 26.0 Å². The molecule has 0 unspecified atom stereocenters. The summed E-state index contributed by atoms with van der Waals surface area (Å²) in [5.74, 6) is -2.50. The molecule has 1 fully saturated rings. The number of ether oxygens (including phenoxy) is 1. The molecule has 3 rings (SSSR count). The predicted octanol–water partition coefficient (Wildman–Crippen LogP) is 3.55. The molecule has 152 valence electrons. The average Bonchev–Trinajstić information content (AvgIpc) is 2.86. The highest BCUT2D eigenvalue weighted by Gasteiger charge is 2.36. The van der Waals surface area contributed by atoms with Crippen molar-refractivity contribution in [1.29, 1.82) is 0 Å². The molecule has 1 aromatic carbocycles. The molecule has 0 N–H and O–H groups in total. The summed E-state index contributed by atoms with van der Waals surface area (Å²) >= 11 is 0. The van der Waals surface area contributed by atoms with Gasteiger partial charge in [0.1, 0.15) is 18.2 Å². The maximum absolute atomic E-state index is 14.1. The van der Waals surface area contributed by atoms with E-state index < -0.39 is 36.3 Å². The first-order chi connectivity index (χ1) is 13.1. The lowest BCUT2D eigenvalue weighted by Gasteiger charge is -2.36. The molecule has 1 amide bonds. The van der Waals surface area contributed by atoms with Gasteiger partial charge in [-0.25, -0.2) is 8.78 Å². The number of benzene rings is 1. The SMILES string of the molecule is Cc1nn(CC(F)(F)F)c(C)c1[C@@H]1COCCN1C(=O)c1ccc(F)cc1F. The van der Waals surface area contributed by atoms with Gasteiger partial charge in [0.05, 0.1) is 30.5 Å². The topological polar surface area (TPSA) is 47.4 Å². The lowest BCUT2D eigenvalue weighted by Crippen LogP contribution is -2.44. The monoisotopic (exact) mass is 403 g/mol. The third-order valence-electron chi connectivity index (χ3n) is 4.65. The zero-order valence-corrected chi connectivity index (χ0v) is 15.2. The van der Waals surface area contributed by atoms with Crippen LogP contribution in [0.5, 0.6) is 0 Å². The van der Waals surface area contributed by atoms with Crippen LogP contribution in [-0.2, 0) is 11.3 Å². The van der Waals surface area contributed by atoms with Gasteiger partial charge in [0.25, 0.3) is 5.91 Å². The van der Waals surface area contributed by atoms with Crippen LogP contribution in [0.15, 0.2) is 18.2 Å². The standard InChI is InChI=1S/C18H18F5N3O2/c1-10-16(11(2)26(24-10)9-18(21,22)23)15-8-28-6-5-25(15)17(27)13-4-3-12(19)7-14(13)20/h3-4,7,15H,5-6,8-9H2,1-2H3/t15-/m0/s1. The third-order valence-corrected chi connectivity index (χ3v) is 4.65. The van der Waals surface area contributed by atoms with Gasteiger partial charge in [-0.2, -0.15) is 18.3 Å². The van der Waals surface area contributed by atoms with E-state index in [2.05, 4.69) is 5.10 Å². The first-order valence-electron chi connectivity index (χ1n) is 8.53. The van der Waals surface area contributed by atoms with Crippen molar-refractivity contribution in [2.24, 2.45) is 0 Å². The Bertz CT molecular complexity index is 894. The summed E-state index contributed by atoms with van der Waals surface area (Å²) in [7, 11) is 0. The van der Waals surface area contributed by atoms with Crippen molar-refractivity contribution in [3.05, 3.63) is 52.3 Å². The Balaban J connectivity index is 1.97. The highest BCUT2D eigenvalue weighted by atomic mass is 19.4. The number of rotatable bonds is 3. The summed E-state index contributed by atoms with van der Waals surface area (Å²) in [5, 5.41) is 3.95. The molecule has 1 aliphatic rings. The number of aromatic nitrogens is 2. The van der Waals surface area contributed by atoms with Crippen molar-refractivity contribution < 1.29 is 31.5 Å². The average molecular weight is 403 g/mol. The third kappa shape index (κ3) is 4.01. The quantitative estimate of drug-likeness (QED) is 0.737. The lowest BCUT2D eigenvalue weighted by atomic mass is 10.0. The fraction of sp³-hybridized carbons (Fsp3) is 0.444. The minimum atomic E-state index is -4.45. The molecule has 0 aliphatic carbocycles. The Morgan fingerprint density at radius 1 is 1.29 bits per heavy atom. The van der Waals surface area contributed by atoms with E-state index in [0.29, 0.717) is 17.3 Å². The Morgan fingerprint density at radius 3 is 2.64 bits per heavy atom. The first kappa shape index (κ1) is 20.2. The van der Waals surface area contributed by atoms with E-state index in [-0.39, 0.29) is 31.0 Å². The van der Waals surface area contributed by atoms with Crippen LogP contribution in [0.4, 0.5) is 22.0 Å². The van der Waals surface area contributed by atoms with Crippen molar-refractivity contribution in [3.63, 3.8) is 0 Å². The molecule has 5 nitrogen and oxygen atoms in total. The lowest BCUT2D eigenvalue weighted by molar-refractivity contribution is -0.143. The summed E-state index contributed by atoms with van der Waals surface area (Å²) in [6.07, 6.45) is -4.45. The number of carbonyl (C=O) groups excluding carboxylic acids is 1. The van der Waals surface area contributed by atoms with Crippen LogP contribution in [0.2, 0.25) is 0 Å². The summed E-state index contributed by atoms with van der Waals surface area (Å²) in [5.41, 5.74) is 0.698. The summed E-state index contributed by atoms with van der Waals surface area (Å²) < 4.78 is 71.8. The molecule has 0 saturated carbocycles. The fourth-order valence-corrected chi connectivity index (χ4v) is 3.42. The molecule has 10 heteroatoms. The molecule has 0 spiro atoms. The molecule has 1 saturated heterocycles. The van der Waals surface area contributed by atoms with E-state index >= 15 is 0 Å². The second kappa shape index (κ2) is 7.50. The molecule has 1 aliphatic heterocycles. The van der Waals surface area contributed by atoms with E-state index in [1.165, 1.54) is 11.8 Å². The van der Waals surface area contributed by atoms with Crippen LogP contribution >= 0.6 is 0 Å². The molecule has 1 aromatic heterocycles. The Morgan fingerprint density at radius 2 is 2.00 bits per heavy atom. The molecule has 2 heterocycles. The number of alkyl halides is 3. The number of hydrogen-bond acceptors (Lipinski definition) is 3. The minimum absolute atomic E-state index is 0.0357. The Hall–Kier alpha value is -2.49. The number of halogens is 5. The summed E-state index contributed by atoms with van der Waals surface area (Å²) in [6.45, 7) is 2.12. The second-order valence-electron chi connectivity index (χ2n) is 6.57. The number of hydrogen-bond donors (Lipinski definition) is 0. The van der Waals surface area contributed by atoms with Crippen LogP contribution in [0, 0.1) is 25.5 Å². The maximum atomic E-state index is 14.1. The van der Waals surface area contributed by atoms with Crippen LogP contribution in [0.3, 0.4) is 0 Å². The van der Waals surface area contributed by atoms with Crippen molar-refractivity contribution in [1.82, 2.24) is 14.7 Å². The highest BCUT2D eigenvalue weighted by Crippen LogP contribution is 2.32. The number of nitrogens with zero attached hydrogens (tertiary/aromatic N) is 3. The van der Waals surface area contributed by atoms with Gasteiger partial charge in [-0.15, -0.1) is 0 Å². The van der Waals surface area contributed by atoms with Gasteiger partial charge in [0.2, 0.25) is 0 Å². The van der Waals surface area contributed by atoms with E-state index in [1.807, 2.05) is 0 Å². The van der Waals surface area contributed by atoms with Gasteiger partial charge < -0.3 is 9.64 Å². The van der Waals surface area contributed by atoms with Gasteiger partial charge in [-0.1, -0.05) is 0 Å². The highest BCUT2D eigenvalue weighted by molar-refractivity contribution is 5.94. The predicted molar refractivity (Wildman–Crippen MR) is 88.7 cm³/mol. The second-order valence-corrected chi connectivity index (χ2v) is 6.57. The fourth-order valence-electron chi connectivity index (χ4n) is 3.42. The number of carbonyl (C=O) groups is 1. The van der Waals surface area contributed by atoms with Crippen molar-refractivity contribution >= 4 is 5.91 Å². The van der Waals surface area contributed by atoms with Gasteiger partial charge in [-0.3, -0.25) is 9.48 Å². The van der Waals surface area contributed by atoms with Crippen molar-refractivity contribution in [2.45, 2.75) is 32.6 Å². The minimum Gasteiger partial charge on any atom is -0.377 e. The van der Waals surface area contributed by atoms with E-state index in [9.17, 15) is 26.7 Å². The van der Waals surface area contributed by atoms with E-state index in [1.54, 1.807) is 6.92 Å². The molecular weight excluding hydrogens is 385 g/mol. The Labute approximate surface area is 157 Å². The van der Waals surface area contributed by atoms with Crippen LogP contribution in [0.1, 0.15) is 33.4 Å². The molecule has 0 radical (unpaired) electrons. The Kier molecular flexibility index (Phi) is 5.42. The molecule has 1 atom stereocenters. The molecule has 2 aromatic rings. The molecular formula is C18H18F5N3O2. The van der Waals surface area contributed by atoms with Crippen LogP contribution in [-0.4, -0.2) is 46.5 Å². The van der Waals surface area contributed by atoms with Gasteiger partial charge >= 0.3 is 6.18 Å². The maximum Gasteiger partial charge on any atom is 0.408 e. The van der Waals surface area contributed by atoms with Crippen molar-refractivity contribution in [3.8, 4) is 0 Å². The zero-order chi connectivity index (χ0) is 20.6. The van der Waals surface area contributed by atoms with Gasteiger partial charge in [0.15, 0.2) is 0 Å². The van der Waals surface area contributed by atoms with E-state index in [4.69, 9.17) is 4.74 Å².